The Bertz CT molecular complexity index is 219. The molecule has 0 spiro atoms. The quantitative estimate of drug-likeness (QED) is 0.633. The van der Waals surface area contributed by atoms with Crippen LogP contribution in [-0.4, -0.2) is 0 Å². The first-order chi connectivity index (χ1) is 5.72. The SMILES string of the molecule is C=C(N)/C(=C/C=C\C=C\C)CC. The highest BCUT2D eigenvalue weighted by Crippen LogP contribution is 2.06. The lowest BCUT2D eigenvalue weighted by molar-refractivity contribution is 1.09. The van der Waals surface area contributed by atoms with Crippen LogP contribution in [0.3, 0.4) is 0 Å². The van der Waals surface area contributed by atoms with Gasteiger partial charge in [0.05, 0.1) is 0 Å². The molecule has 0 radical (unpaired) electrons. The molecular formula is C11H17N. The van der Waals surface area contributed by atoms with Crippen LogP contribution in [0.2, 0.25) is 0 Å². The normalized spacial score (nSPS) is 13.0. The monoisotopic (exact) mass is 163 g/mol. The van der Waals surface area contributed by atoms with Crippen molar-refractivity contribution < 1.29 is 0 Å². The van der Waals surface area contributed by atoms with Gasteiger partial charge in [-0.25, -0.2) is 0 Å². The first kappa shape index (κ1) is 10.8. The van der Waals surface area contributed by atoms with Gasteiger partial charge in [0.2, 0.25) is 0 Å². The summed E-state index contributed by atoms with van der Waals surface area (Å²) in [6, 6.07) is 0. The summed E-state index contributed by atoms with van der Waals surface area (Å²) < 4.78 is 0. The summed E-state index contributed by atoms with van der Waals surface area (Å²) in [5, 5.41) is 0. The molecule has 12 heavy (non-hydrogen) atoms. The van der Waals surface area contributed by atoms with Crippen molar-refractivity contribution in [2.75, 3.05) is 0 Å². The topological polar surface area (TPSA) is 26.0 Å². The van der Waals surface area contributed by atoms with Crippen molar-refractivity contribution in [2.24, 2.45) is 5.73 Å². The van der Waals surface area contributed by atoms with Crippen LogP contribution < -0.4 is 5.73 Å². The highest BCUT2D eigenvalue weighted by molar-refractivity contribution is 5.29. The molecule has 0 aromatic rings. The van der Waals surface area contributed by atoms with E-state index in [1.165, 1.54) is 0 Å². The maximum Gasteiger partial charge on any atom is 0.0273 e. The first-order valence-electron chi connectivity index (χ1n) is 4.15. The molecule has 1 nitrogen and oxygen atoms in total. The van der Waals surface area contributed by atoms with Gasteiger partial charge in [0.25, 0.3) is 0 Å². The second-order valence-corrected chi connectivity index (χ2v) is 2.48. The van der Waals surface area contributed by atoms with Crippen molar-refractivity contribution in [2.45, 2.75) is 20.3 Å². The van der Waals surface area contributed by atoms with Crippen LogP contribution in [0, 0.1) is 0 Å². The Balaban J connectivity index is 4.21. The molecule has 0 unspecified atom stereocenters. The summed E-state index contributed by atoms with van der Waals surface area (Å²) in [5.41, 5.74) is 7.30. The fourth-order valence-electron chi connectivity index (χ4n) is 0.799. The molecule has 0 amide bonds. The van der Waals surface area contributed by atoms with Crippen molar-refractivity contribution in [3.05, 3.63) is 48.2 Å². The van der Waals surface area contributed by atoms with Crippen molar-refractivity contribution >= 4 is 0 Å². The maximum absolute atomic E-state index is 5.55. The van der Waals surface area contributed by atoms with Gasteiger partial charge in [-0.15, -0.1) is 0 Å². The predicted octanol–water partition coefficient (Wildman–Crippen LogP) is 2.93. The molecule has 0 fully saturated rings. The Hall–Kier alpha value is -1.24. The third-order valence-corrected chi connectivity index (χ3v) is 1.51. The van der Waals surface area contributed by atoms with E-state index in [1.807, 2.05) is 37.3 Å². The van der Waals surface area contributed by atoms with Gasteiger partial charge >= 0.3 is 0 Å². The van der Waals surface area contributed by atoms with E-state index in [9.17, 15) is 0 Å². The van der Waals surface area contributed by atoms with Crippen LogP contribution in [-0.2, 0) is 0 Å². The van der Waals surface area contributed by atoms with E-state index < -0.39 is 0 Å². The summed E-state index contributed by atoms with van der Waals surface area (Å²) >= 11 is 0. The lowest BCUT2D eigenvalue weighted by Crippen LogP contribution is -1.97. The minimum atomic E-state index is 0.655. The molecule has 66 valence electrons. The third-order valence-electron chi connectivity index (χ3n) is 1.51. The summed E-state index contributed by atoms with van der Waals surface area (Å²) in [7, 11) is 0. The van der Waals surface area contributed by atoms with Crippen LogP contribution in [0.15, 0.2) is 48.2 Å². The van der Waals surface area contributed by atoms with Gasteiger partial charge in [-0.3, -0.25) is 0 Å². The molecule has 0 atom stereocenters. The van der Waals surface area contributed by atoms with Gasteiger partial charge in [-0.1, -0.05) is 43.9 Å². The van der Waals surface area contributed by atoms with Crippen molar-refractivity contribution in [3.63, 3.8) is 0 Å². The van der Waals surface area contributed by atoms with Gasteiger partial charge in [-0.2, -0.15) is 0 Å². The second-order valence-electron chi connectivity index (χ2n) is 2.48. The highest BCUT2D eigenvalue weighted by Gasteiger charge is 1.90. The molecule has 0 aromatic carbocycles. The predicted molar refractivity (Wildman–Crippen MR) is 55.7 cm³/mol. The van der Waals surface area contributed by atoms with Gasteiger partial charge < -0.3 is 5.73 Å². The van der Waals surface area contributed by atoms with Crippen LogP contribution in [0.5, 0.6) is 0 Å². The van der Waals surface area contributed by atoms with Crippen molar-refractivity contribution in [1.82, 2.24) is 0 Å². The van der Waals surface area contributed by atoms with Gasteiger partial charge in [-0.05, 0) is 18.9 Å². The largest absolute Gasteiger partial charge is 0.399 e. The van der Waals surface area contributed by atoms with Gasteiger partial charge in [0.1, 0.15) is 0 Å². The molecule has 0 heterocycles. The van der Waals surface area contributed by atoms with E-state index in [4.69, 9.17) is 5.73 Å². The van der Waals surface area contributed by atoms with Gasteiger partial charge in [0.15, 0.2) is 0 Å². The Morgan fingerprint density at radius 2 is 2.00 bits per heavy atom. The van der Waals surface area contributed by atoms with Crippen molar-refractivity contribution in [3.8, 4) is 0 Å². The zero-order chi connectivity index (χ0) is 9.40. The molecule has 0 aliphatic carbocycles. The maximum atomic E-state index is 5.55. The Morgan fingerprint density at radius 1 is 1.33 bits per heavy atom. The fourth-order valence-corrected chi connectivity index (χ4v) is 0.799. The average Bonchev–Trinajstić information content (AvgIpc) is 2.04. The number of rotatable bonds is 4. The Morgan fingerprint density at radius 3 is 2.42 bits per heavy atom. The van der Waals surface area contributed by atoms with E-state index in [1.54, 1.807) is 0 Å². The molecule has 2 N–H and O–H groups in total. The van der Waals surface area contributed by atoms with E-state index in [0.717, 1.165) is 12.0 Å². The number of hydrogen-bond donors (Lipinski definition) is 1. The van der Waals surface area contributed by atoms with E-state index >= 15 is 0 Å². The molecule has 0 bridgehead atoms. The molecule has 0 saturated heterocycles. The molecule has 0 aromatic heterocycles. The van der Waals surface area contributed by atoms with Gasteiger partial charge in [0, 0.05) is 5.70 Å². The standard InChI is InChI=1S/C11H17N/c1-4-6-7-8-9-11(5-2)10(3)12/h4,6-9H,3,5,12H2,1-2H3/b6-4+,8-7-,11-9+. The fraction of sp³-hybridized carbons (Fsp3) is 0.273. The zero-order valence-electron chi connectivity index (χ0n) is 7.88. The summed E-state index contributed by atoms with van der Waals surface area (Å²) in [6.07, 6.45) is 10.8. The highest BCUT2D eigenvalue weighted by atomic mass is 14.6. The van der Waals surface area contributed by atoms with Crippen LogP contribution >= 0.6 is 0 Å². The van der Waals surface area contributed by atoms with Crippen LogP contribution in [0.4, 0.5) is 0 Å². The van der Waals surface area contributed by atoms with Crippen LogP contribution in [0.25, 0.3) is 0 Å². The molecule has 0 aliphatic heterocycles. The van der Waals surface area contributed by atoms with E-state index in [2.05, 4.69) is 13.5 Å². The smallest absolute Gasteiger partial charge is 0.0273 e. The van der Waals surface area contributed by atoms with Crippen LogP contribution in [0.1, 0.15) is 20.3 Å². The lowest BCUT2D eigenvalue weighted by Gasteiger charge is -1.99. The molecule has 0 rings (SSSR count). The summed E-state index contributed by atoms with van der Waals surface area (Å²) in [4.78, 5) is 0. The molecule has 0 saturated carbocycles. The summed E-state index contributed by atoms with van der Waals surface area (Å²) in [6.45, 7) is 7.73. The Kier molecular flexibility index (Phi) is 5.80. The average molecular weight is 163 g/mol. The van der Waals surface area contributed by atoms with E-state index in [0.29, 0.717) is 5.70 Å². The Labute approximate surface area is 75.0 Å². The number of allylic oxidation sites excluding steroid dienone is 6. The summed E-state index contributed by atoms with van der Waals surface area (Å²) in [5.74, 6) is 0. The zero-order valence-corrected chi connectivity index (χ0v) is 7.88. The molecule has 0 aliphatic rings. The molecular weight excluding hydrogens is 146 g/mol. The second kappa shape index (κ2) is 6.47. The lowest BCUT2D eigenvalue weighted by atomic mass is 10.1. The minimum Gasteiger partial charge on any atom is -0.399 e. The van der Waals surface area contributed by atoms with Crippen molar-refractivity contribution in [1.29, 1.82) is 0 Å². The number of nitrogens with two attached hydrogens (primary N) is 1. The molecule has 1 heteroatoms. The minimum absolute atomic E-state index is 0.655. The van der Waals surface area contributed by atoms with E-state index in [-0.39, 0.29) is 0 Å². The first-order valence-corrected chi connectivity index (χ1v) is 4.15. The number of hydrogen-bond acceptors (Lipinski definition) is 1. The third kappa shape index (κ3) is 4.56.